The third-order valence-electron chi connectivity index (χ3n) is 3.56. The summed E-state index contributed by atoms with van der Waals surface area (Å²) in [6, 6.07) is 0. The van der Waals surface area contributed by atoms with Crippen LogP contribution in [0.25, 0.3) is 0 Å². The molecule has 1 fully saturated rings. The van der Waals surface area contributed by atoms with Gasteiger partial charge in [-0.2, -0.15) is 4.37 Å². The molecule has 1 aromatic rings. The second-order valence-corrected chi connectivity index (χ2v) is 5.73. The number of hydrogen-bond acceptors (Lipinski definition) is 5. The molecule has 0 radical (unpaired) electrons. The highest BCUT2D eigenvalue weighted by atomic mass is 32.1. The number of carbonyl (C=O) groups excluding carboxylic acids is 1. The molecule has 19 heavy (non-hydrogen) atoms. The standard InChI is InChI=1S/C13H22N4OS/c1-4-17(5-2)10(18)8-16(3)13-11(9-6-7-9)12(14)15-19-13/h9H,4-8H2,1-3H3,(H2,14,15). The summed E-state index contributed by atoms with van der Waals surface area (Å²) in [4.78, 5) is 16.0. The Morgan fingerprint density at radius 2 is 2.05 bits per heavy atom. The number of likely N-dealkylation sites (N-methyl/N-ethyl adjacent to an activating group) is 2. The van der Waals surface area contributed by atoms with Crippen molar-refractivity contribution < 1.29 is 4.79 Å². The molecular weight excluding hydrogens is 260 g/mol. The molecule has 6 heteroatoms. The van der Waals surface area contributed by atoms with E-state index in [1.54, 1.807) is 0 Å². The van der Waals surface area contributed by atoms with Gasteiger partial charge >= 0.3 is 0 Å². The van der Waals surface area contributed by atoms with Crippen LogP contribution in [-0.4, -0.2) is 41.9 Å². The van der Waals surface area contributed by atoms with Gasteiger partial charge in [0.25, 0.3) is 0 Å². The molecular formula is C13H22N4OS. The molecule has 1 aliphatic rings. The van der Waals surface area contributed by atoms with Crippen LogP contribution in [0.3, 0.4) is 0 Å². The highest BCUT2D eigenvalue weighted by molar-refractivity contribution is 7.10. The maximum atomic E-state index is 12.1. The van der Waals surface area contributed by atoms with Crippen molar-refractivity contribution >= 4 is 28.3 Å². The van der Waals surface area contributed by atoms with E-state index in [1.165, 1.54) is 24.4 Å². The molecule has 5 nitrogen and oxygen atoms in total. The van der Waals surface area contributed by atoms with Gasteiger partial charge in [0, 0.05) is 25.7 Å². The lowest BCUT2D eigenvalue weighted by molar-refractivity contribution is -0.129. The quantitative estimate of drug-likeness (QED) is 0.865. The molecule has 1 saturated carbocycles. The molecule has 106 valence electrons. The van der Waals surface area contributed by atoms with Gasteiger partial charge in [0.15, 0.2) is 0 Å². The van der Waals surface area contributed by atoms with Gasteiger partial charge in [-0.3, -0.25) is 4.79 Å². The van der Waals surface area contributed by atoms with E-state index in [-0.39, 0.29) is 5.91 Å². The van der Waals surface area contributed by atoms with Gasteiger partial charge in [0.1, 0.15) is 10.8 Å². The first-order valence-corrected chi connectivity index (χ1v) is 7.59. The van der Waals surface area contributed by atoms with E-state index in [4.69, 9.17) is 5.73 Å². The average molecular weight is 282 g/mol. The van der Waals surface area contributed by atoms with Crippen LogP contribution in [0.15, 0.2) is 0 Å². The predicted molar refractivity (Wildman–Crippen MR) is 79.7 cm³/mol. The third-order valence-corrected chi connectivity index (χ3v) is 4.55. The third kappa shape index (κ3) is 3.00. The maximum absolute atomic E-state index is 12.1. The Morgan fingerprint density at radius 1 is 1.42 bits per heavy atom. The van der Waals surface area contributed by atoms with Crippen molar-refractivity contribution in [2.75, 3.05) is 37.3 Å². The SMILES string of the molecule is CCN(CC)C(=O)CN(C)c1snc(N)c1C1CC1. The average Bonchev–Trinajstić information content (AvgIpc) is 3.13. The monoisotopic (exact) mass is 282 g/mol. The topological polar surface area (TPSA) is 62.5 Å². The first-order valence-electron chi connectivity index (χ1n) is 6.82. The van der Waals surface area contributed by atoms with E-state index >= 15 is 0 Å². The van der Waals surface area contributed by atoms with Crippen LogP contribution in [0.2, 0.25) is 0 Å². The van der Waals surface area contributed by atoms with Crippen molar-refractivity contribution in [3.05, 3.63) is 5.56 Å². The summed E-state index contributed by atoms with van der Waals surface area (Å²) in [7, 11) is 1.94. The van der Waals surface area contributed by atoms with E-state index in [0.717, 1.165) is 23.7 Å². The van der Waals surface area contributed by atoms with E-state index in [1.807, 2.05) is 30.7 Å². The minimum atomic E-state index is 0.154. The number of amides is 1. The lowest BCUT2D eigenvalue weighted by atomic mass is 10.2. The van der Waals surface area contributed by atoms with E-state index in [2.05, 4.69) is 4.37 Å². The molecule has 0 spiro atoms. The zero-order chi connectivity index (χ0) is 14.0. The molecule has 1 aliphatic carbocycles. The Bertz CT molecular complexity index is 451. The van der Waals surface area contributed by atoms with Crippen LogP contribution >= 0.6 is 11.5 Å². The highest BCUT2D eigenvalue weighted by Crippen LogP contribution is 2.48. The normalized spacial score (nSPS) is 14.5. The smallest absolute Gasteiger partial charge is 0.242 e. The number of rotatable bonds is 6. The Morgan fingerprint density at radius 3 is 2.58 bits per heavy atom. The van der Waals surface area contributed by atoms with E-state index < -0.39 is 0 Å². The second-order valence-electron chi connectivity index (χ2n) is 4.98. The molecule has 1 amide bonds. The molecule has 2 N–H and O–H groups in total. The number of hydrogen-bond donors (Lipinski definition) is 1. The fourth-order valence-corrected chi connectivity index (χ4v) is 3.14. The molecule has 0 aliphatic heterocycles. The Hall–Kier alpha value is -1.30. The summed E-state index contributed by atoms with van der Waals surface area (Å²) in [5.41, 5.74) is 7.09. The van der Waals surface area contributed by atoms with Crippen molar-refractivity contribution in [1.82, 2.24) is 9.27 Å². The molecule has 0 aromatic carbocycles. The highest BCUT2D eigenvalue weighted by Gasteiger charge is 2.32. The lowest BCUT2D eigenvalue weighted by Gasteiger charge is -2.24. The molecule has 1 aromatic heterocycles. The summed E-state index contributed by atoms with van der Waals surface area (Å²) in [6.45, 7) is 5.90. The molecule has 0 atom stereocenters. The van der Waals surface area contributed by atoms with Crippen molar-refractivity contribution in [2.24, 2.45) is 0 Å². The molecule has 1 heterocycles. The molecule has 0 bridgehead atoms. The minimum absolute atomic E-state index is 0.154. The summed E-state index contributed by atoms with van der Waals surface area (Å²) in [6.07, 6.45) is 2.38. The Labute approximate surface area is 118 Å². The van der Waals surface area contributed by atoms with Gasteiger partial charge in [-0.1, -0.05) is 0 Å². The number of nitrogens with zero attached hydrogens (tertiary/aromatic N) is 3. The number of anilines is 2. The Balaban J connectivity index is 2.07. The summed E-state index contributed by atoms with van der Waals surface area (Å²) >= 11 is 1.40. The second kappa shape index (κ2) is 5.77. The van der Waals surface area contributed by atoms with E-state index in [9.17, 15) is 4.79 Å². The van der Waals surface area contributed by atoms with Crippen LogP contribution in [0, 0.1) is 0 Å². The fourth-order valence-electron chi connectivity index (χ4n) is 2.28. The van der Waals surface area contributed by atoms with Crippen molar-refractivity contribution in [3.63, 3.8) is 0 Å². The van der Waals surface area contributed by atoms with Crippen LogP contribution in [-0.2, 0) is 4.79 Å². The maximum Gasteiger partial charge on any atom is 0.242 e. The lowest BCUT2D eigenvalue weighted by Crippen LogP contribution is -2.38. The van der Waals surface area contributed by atoms with Crippen LogP contribution < -0.4 is 10.6 Å². The van der Waals surface area contributed by atoms with E-state index in [0.29, 0.717) is 18.3 Å². The number of carbonyl (C=O) groups is 1. The molecule has 2 rings (SSSR count). The molecule has 0 unspecified atom stereocenters. The van der Waals surface area contributed by atoms with Gasteiger partial charge in [-0.15, -0.1) is 0 Å². The predicted octanol–water partition coefficient (Wildman–Crippen LogP) is 1.91. The Kier molecular flexibility index (Phi) is 4.29. The van der Waals surface area contributed by atoms with Crippen molar-refractivity contribution in [3.8, 4) is 0 Å². The van der Waals surface area contributed by atoms with Gasteiger partial charge in [0.05, 0.1) is 6.54 Å². The minimum Gasteiger partial charge on any atom is -0.383 e. The van der Waals surface area contributed by atoms with Gasteiger partial charge in [-0.25, -0.2) is 0 Å². The van der Waals surface area contributed by atoms with Crippen LogP contribution in [0.1, 0.15) is 38.2 Å². The van der Waals surface area contributed by atoms with Crippen molar-refractivity contribution in [1.29, 1.82) is 0 Å². The summed E-state index contributed by atoms with van der Waals surface area (Å²) in [5, 5.41) is 1.06. The largest absolute Gasteiger partial charge is 0.383 e. The van der Waals surface area contributed by atoms with Crippen LogP contribution in [0.5, 0.6) is 0 Å². The molecule has 0 saturated heterocycles. The fraction of sp³-hybridized carbons (Fsp3) is 0.692. The number of nitrogen functional groups attached to an aromatic ring is 1. The summed E-state index contributed by atoms with van der Waals surface area (Å²) < 4.78 is 4.24. The van der Waals surface area contributed by atoms with Crippen molar-refractivity contribution in [2.45, 2.75) is 32.6 Å². The zero-order valence-electron chi connectivity index (χ0n) is 11.8. The number of nitrogens with two attached hydrogens (primary N) is 1. The number of aromatic nitrogens is 1. The zero-order valence-corrected chi connectivity index (χ0v) is 12.7. The van der Waals surface area contributed by atoms with Gasteiger partial charge < -0.3 is 15.5 Å². The first-order chi connectivity index (χ1) is 9.08. The van der Waals surface area contributed by atoms with Gasteiger partial charge in [-0.05, 0) is 44.1 Å². The first kappa shape index (κ1) is 14.1. The van der Waals surface area contributed by atoms with Gasteiger partial charge in [0.2, 0.25) is 5.91 Å². The summed E-state index contributed by atoms with van der Waals surface area (Å²) in [5.74, 6) is 1.35. The van der Waals surface area contributed by atoms with Crippen LogP contribution in [0.4, 0.5) is 10.8 Å².